The van der Waals surface area contributed by atoms with Crippen molar-refractivity contribution in [2.24, 2.45) is 5.73 Å². The van der Waals surface area contributed by atoms with Gasteiger partial charge in [-0.05, 0) is 122 Å². The van der Waals surface area contributed by atoms with Gasteiger partial charge in [-0.15, -0.1) is 0 Å². The highest BCUT2D eigenvalue weighted by Gasteiger charge is 2.26. The number of allylic oxidation sites excluding steroid dienone is 24. The van der Waals surface area contributed by atoms with E-state index in [1.165, 1.54) is 180 Å². The number of phosphoric acid groups is 1. The van der Waals surface area contributed by atoms with Gasteiger partial charge in [0.1, 0.15) is 6.61 Å². The third-order valence-electron chi connectivity index (χ3n) is 16.2. The van der Waals surface area contributed by atoms with Gasteiger partial charge in [0.25, 0.3) is 0 Å². The van der Waals surface area contributed by atoms with Crippen molar-refractivity contribution in [1.82, 2.24) is 0 Å². The highest BCUT2D eigenvalue weighted by Crippen LogP contribution is 2.43. The predicted octanol–water partition coefficient (Wildman–Crippen LogP) is 25.8. The van der Waals surface area contributed by atoms with Crippen LogP contribution in [0.1, 0.15) is 335 Å². The van der Waals surface area contributed by atoms with Crippen LogP contribution < -0.4 is 5.73 Å². The molecule has 0 spiro atoms. The van der Waals surface area contributed by atoms with Gasteiger partial charge in [-0.3, -0.25) is 18.6 Å². The molecule has 0 aromatic carbocycles. The largest absolute Gasteiger partial charge is 0.472 e. The number of rotatable bonds is 71. The van der Waals surface area contributed by atoms with Gasteiger partial charge in [0.15, 0.2) is 6.10 Å². The van der Waals surface area contributed by atoms with E-state index >= 15 is 0 Å². The molecule has 2 atom stereocenters. The summed E-state index contributed by atoms with van der Waals surface area (Å²) in [5, 5.41) is 0. The Labute approximate surface area is 573 Å². The van der Waals surface area contributed by atoms with Crippen LogP contribution in [-0.2, 0) is 32.7 Å². The minimum atomic E-state index is -4.41. The molecular weight excluding hydrogens is 1170 g/mol. The van der Waals surface area contributed by atoms with Gasteiger partial charge < -0.3 is 20.1 Å². The van der Waals surface area contributed by atoms with Crippen molar-refractivity contribution in [3.05, 3.63) is 146 Å². The summed E-state index contributed by atoms with van der Waals surface area (Å²) in [6.45, 7) is 3.61. The van der Waals surface area contributed by atoms with Crippen molar-refractivity contribution in [1.29, 1.82) is 0 Å². The smallest absolute Gasteiger partial charge is 0.462 e. The fourth-order valence-corrected chi connectivity index (χ4v) is 11.3. The average molecular weight is 1310 g/mol. The second-order valence-corrected chi connectivity index (χ2v) is 26.6. The van der Waals surface area contributed by atoms with E-state index in [0.29, 0.717) is 6.42 Å². The molecule has 0 aliphatic heterocycles. The lowest BCUT2D eigenvalue weighted by Crippen LogP contribution is -2.29. The molecule has 0 fully saturated rings. The summed E-state index contributed by atoms with van der Waals surface area (Å²) in [7, 11) is -4.41. The van der Waals surface area contributed by atoms with Crippen LogP contribution in [0, 0.1) is 0 Å². The molecule has 0 radical (unpaired) electrons. The predicted molar refractivity (Wildman–Crippen MR) is 404 cm³/mol. The molecule has 0 aliphatic rings. The molecule has 0 aliphatic carbocycles. The van der Waals surface area contributed by atoms with Gasteiger partial charge in [-0.1, -0.05) is 346 Å². The Balaban J connectivity index is 3.89. The number of hydrogen-bond donors (Lipinski definition) is 2. The van der Waals surface area contributed by atoms with Crippen molar-refractivity contribution in [3.8, 4) is 0 Å². The van der Waals surface area contributed by atoms with E-state index in [0.717, 1.165) is 122 Å². The quantitative estimate of drug-likeness (QED) is 0.0264. The van der Waals surface area contributed by atoms with Crippen LogP contribution in [0.2, 0.25) is 0 Å². The molecule has 2 unspecified atom stereocenters. The van der Waals surface area contributed by atoms with Gasteiger partial charge >= 0.3 is 19.8 Å². The summed E-state index contributed by atoms with van der Waals surface area (Å²) >= 11 is 0. The molecule has 0 aromatic rings. The fraction of sp³-hybridized carbons (Fsp3) is 0.687. The Morgan fingerprint density at radius 3 is 0.882 bits per heavy atom. The maximum absolute atomic E-state index is 12.8. The van der Waals surface area contributed by atoms with Crippen LogP contribution in [0.4, 0.5) is 0 Å². The number of unbranched alkanes of at least 4 members (excludes halogenated alkanes) is 34. The summed E-state index contributed by atoms with van der Waals surface area (Å²) in [6, 6.07) is 0. The Morgan fingerprint density at radius 2 is 0.591 bits per heavy atom. The van der Waals surface area contributed by atoms with Gasteiger partial charge in [0.05, 0.1) is 13.2 Å². The molecule has 0 amide bonds. The molecule has 0 rings (SSSR count). The molecular formula is C83H142NO8P. The van der Waals surface area contributed by atoms with E-state index in [1.54, 1.807) is 0 Å². The summed E-state index contributed by atoms with van der Waals surface area (Å²) in [5.74, 6) is -0.847. The monoisotopic (exact) mass is 1310 g/mol. The minimum Gasteiger partial charge on any atom is -0.462 e. The second-order valence-electron chi connectivity index (χ2n) is 25.1. The number of esters is 2. The Bertz CT molecular complexity index is 2040. The first kappa shape index (κ1) is 88.9. The highest BCUT2D eigenvalue weighted by atomic mass is 31.2. The first-order valence-electron chi connectivity index (χ1n) is 38.3. The summed E-state index contributed by atoms with van der Waals surface area (Å²) in [6.07, 6.45) is 111. The molecule has 0 saturated carbocycles. The lowest BCUT2D eigenvalue weighted by molar-refractivity contribution is -0.161. The number of hydrogen-bond acceptors (Lipinski definition) is 8. The van der Waals surface area contributed by atoms with Crippen molar-refractivity contribution in [3.63, 3.8) is 0 Å². The molecule has 93 heavy (non-hydrogen) atoms. The van der Waals surface area contributed by atoms with Crippen LogP contribution in [-0.4, -0.2) is 49.3 Å². The average Bonchev–Trinajstić information content (AvgIpc) is 3.32. The number of ether oxygens (including phenoxy) is 2. The highest BCUT2D eigenvalue weighted by molar-refractivity contribution is 7.47. The Kier molecular flexibility index (Phi) is 73.5. The van der Waals surface area contributed by atoms with E-state index in [-0.39, 0.29) is 38.6 Å². The number of carbonyl (C=O) groups excluding carboxylic acids is 2. The van der Waals surface area contributed by atoms with Crippen LogP contribution in [0.25, 0.3) is 0 Å². The lowest BCUT2D eigenvalue weighted by Gasteiger charge is -2.19. The Morgan fingerprint density at radius 1 is 0.333 bits per heavy atom. The molecule has 10 heteroatoms. The van der Waals surface area contributed by atoms with Gasteiger partial charge in [-0.2, -0.15) is 0 Å². The number of carbonyl (C=O) groups is 2. The third kappa shape index (κ3) is 76.8. The van der Waals surface area contributed by atoms with Crippen LogP contribution >= 0.6 is 7.82 Å². The lowest BCUT2D eigenvalue weighted by atomic mass is 10.0. The van der Waals surface area contributed by atoms with Crippen molar-refractivity contribution < 1.29 is 37.6 Å². The summed E-state index contributed by atoms with van der Waals surface area (Å²) < 4.78 is 33.2. The van der Waals surface area contributed by atoms with E-state index in [1.807, 2.05) is 0 Å². The zero-order chi connectivity index (χ0) is 67.2. The molecule has 9 nitrogen and oxygen atoms in total. The third-order valence-corrected chi connectivity index (χ3v) is 17.2. The van der Waals surface area contributed by atoms with E-state index < -0.39 is 26.5 Å². The zero-order valence-corrected chi connectivity index (χ0v) is 60.8. The van der Waals surface area contributed by atoms with Crippen molar-refractivity contribution >= 4 is 19.8 Å². The zero-order valence-electron chi connectivity index (χ0n) is 59.9. The molecule has 532 valence electrons. The van der Waals surface area contributed by atoms with E-state index in [9.17, 15) is 19.0 Å². The summed E-state index contributed by atoms with van der Waals surface area (Å²) in [4.78, 5) is 35.4. The normalized spacial score (nSPS) is 13.7. The van der Waals surface area contributed by atoms with Crippen LogP contribution in [0.3, 0.4) is 0 Å². The molecule has 0 saturated heterocycles. The second kappa shape index (κ2) is 76.9. The Hall–Kier alpha value is -4.11. The molecule has 0 bridgehead atoms. The van der Waals surface area contributed by atoms with Crippen LogP contribution in [0.5, 0.6) is 0 Å². The first-order valence-corrected chi connectivity index (χ1v) is 39.8. The minimum absolute atomic E-state index is 0.0441. The van der Waals surface area contributed by atoms with Crippen molar-refractivity contribution in [2.75, 3.05) is 26.4 Å². The maximum atomic E-state index is 12.8. The molecule has 0 heterocycles. The fourth-order valence-electron chi connectivity index (χ4n) is 10.6. The summed E-state index contributed by atoms with van der Waals surface area (Å²) in [5.41, 5.74) is 5.41. The van der Waals surface area contributed by atoms with E-state index in [4.69, 9.17) is 24.3 Å². The van der Waals surface area contributed by atoms with Gasteiger partial charge in [0, 0.05) is 19.4 Å². The molecule has 0 aromatic heterocycles. The standard InChI is InChI=1S/C83H142NO8P/c1-3-5-7-9-11-13-15-17-19-21-23-25-27-29-31-33-35-37-38-39-40-41-42-44-45-47-49-51-53-55-57-59-61-63-65-67-69-71-73-75-82(85)89-79-81(80-91-93(87,88)90-78-77-84)92-83(86)76-74-72-70-68-66-64-62-60-58-56-54-52-50-48-46-43-36-34-32-30-28-26-24-22-20-18-16-14-12-10-8-6-4-2/h6,8,12,14-15,17-18,20-21,23-24,26-27,29-30,32,36,43,48,50,54,56,60,62,81H,3-5,7,9-11,13,16,19,22,25,28,31,33-35,37-42,44-47,49,51-53,55,57-59,61,63-80,84H2,1-2H3,(H,87,88)/b8-6-,14-12-,17-15-,20-18-,23-21-,26-24-,29-27-,32-30-,43-36-,50-48-,56-54-,62-60-. The van der Waals surface area contributed by atoms with E-state index in [2.05, 4.69) is 160 Å². The maximum Gasteiger partial charge on any atom is 0.472 e. The topological polar surface area (TPSA) is 134 Å². The first-order chi connectivity index (χ1) is 45.8. The van der Waals surface area contributed by atoms with Gasteiger partial charge in [-0.25, -0.2) is 4.57 Å². The number of nitrogens with two attached hydrogens (primary N) is 1. The molecule has 3 N–H and O–H groups in total. The van der Waals surface area contributed by atoms with Crippen LogP contribution in [0.15, 0.2) is 146 Å². The SMILES string of the molecule is CC/C=C\C/C=C\C/C=C\C/C=C\C/C=C\C/C=C\C/C=C\C/C=C\C/C=C\CCCCCCCC(=O)OC(COC(=O)CCCCCCCCCCCCCCCCCCCCCCCCCC/C=C\C/C=C\C/C=C\CCCCCCC)COP(=O)(O)OCCN. The number of phosphoric ester groups is 1. The van der Waals surface area contributed by atoms with Gasteiger partial charge in [0.2, 0.25) is 0 Å². The van der Waals surface area contributed by atoms with Crippen molar-refractivity contribution in [2.45, 2.75) is 341 Å².